The number of methoxy groups -OCH3 is 1. The molecule has 0 saturated carbocycles. The number of nitrogens with zero attached hydrogens (tertiary/aromatic N) is 5. The fraction of sp³-hybridized carbons (Fsp3) is 0.357. The minimum Gasteiger partial charge on any atom is -0.474 e. The molecule has 0 aromatic carbocycles. The Kier molecular flexibility index (Phi) is 3.57. The highest BCUT2D eigenvalue weighted by atomic mass is 16.5. The Labute approximate surface area is 122 Å². The van der Waals surface area contributed by atoms with Crippen LogP contribution in [-0.4, -0.2) is 44.6 Å². The van der Waals surface area contributed by atoms with Crippen molar-refractivity contribution in [3.05, 3.63) is 30.5 Å². The quantitative estimate of drug-likeness (QED) is 0.665. The van der Waals surface area contributed by atoms with Crippen LogP contribution in [0.1, 0.15) is 5.82 Å². The highest BCUT2D eigenvalue weighted by Gasteiger charge is 2.14. The molecule has 21 heavy (non-hydrogen) atoms. The summed E-state index contributed by atoms with van der Waals surface area (Å²) in [6.45, 7) is 2.81. The maximum atomic E-state index is 5.74. The minimum absolute atomic E-state index is 0.445. The first-order valence-electron chi connectivity index (χ1n) is 6.65. The van der Waals surface area contributed by atoms with E-state index in [2.05, 4.69) is 15.1 Å². The number of aryl methyl sites for hydroxylation is 2. The highest BCUT2D eigenvalue weighted by molar-refractivity contribution is 5.82. The third-order valence-corrected chi connectivity index (χ3v) is 3.11. The first-order valence-corrected chi connectivity index (χ1v) is 6.65. The second-order valence-electron chi connectivity index (χ2n) is 4.71. The van der Waals surface area contributed by atoms with Crippen molar-refractivity contribution >= 4 is 11.0 Å². The minimum atomic E-state index is 0.445. The van der Waals surface area contributed by atoms with Crippen LogP contribution in [0.5, 0.6) is 5.88 Å². The van der Waals surface area contributed by atoms with Crippen LogP contribution in [0, 0.1) is 6.92 Å². The average molecular weight is 287 g/mol. The van der Waals surface area contributed by atoms with Gasteiger partial charge in [0.1, 0.15) is 17.9 Å². The molecule has 0 unspecified atom stereocenters. The Morgan fingerprint density at radius 3 is 2.81 bits per heavy atom. The van der Waals surface area contributed by atoms with Crippen molar-refractivity contribution in [2.24, 2.45) is 7.05 Å². The van der Waals surface area contributed by atoms with E-state index in [1.807, 2.05) is 37.0 Å². The second-order valence-corrected chi connectivity index (χ2v) is 4.71. The lowest BCUT2D eigenvalue weighted by Crippen LogP contribution is -2.08. The van der Waals surface area contributed by atoms with Gasteiger partial charge in [-0.05, 0) is 13.0 Å². The predicted octanol–water partition coefficient (Wildman–Crippen LogP) is 1.49. The van der Waals surface area contributed by atoms with E-state index in [4.69, 9.17) is 9.47 Å². The van der Waals surface area contributed by atoms with Crippen molar-refractivity contribution in [2.75, 3.05) is 20.3 Å². The van der Waals surface area contributed by atoms with E-state index in [0.29, 0.717) is 24.9 Å². The Hall–Kier alpha value is -2.41. The third-order valence-electron chi connectivity index (χ3n) is 3.11. The number of hydrogen-bond acceptors (Lipinski definition) is 5. The molecule has 0 N–H and O–H groups in total. The highest BCUT2D eigenvalue weighted by Crippen LogP contribution is 2.26. The topological polar surface area (TPSA) is 67.0 Å². The van der Waals surface area contributed by atoms with Gasteiger partial charge in [-0.15, -0.1) is 0 Å². The zero-order valence-electron chi connectivity index (χ0n) is 12.3. The van der Waals surface area contributed by atoms with Crippen LogP contribution < -0.4 is 4.74 Å². The van der Waals surface area contributed by atoms with E-state index < -0.39 is 0 Å². The zero-order valence-corrected chi connectivity index (χ0v) is 12.3. The molecule has 0 saturated heterocycles. The molecule has 0 spiro atoms. The smallest absolute Gasteiger partial charge is 0.242 e. The molecule has 0 atom stereocenters. The number of fused-ring (bicyclic) bond motifs is 1. The monoisotopic (exact) mass is 287 g/mol. The summed E-state index contributed by atoms with van der Waals surface area (Å²) in [6, 6.07) is 1.94. The summed E-state index contributed by atoms with van der Waals surface area (Å²) in [5.74, 6) is 1.24. The van der Waals surface area contributed by atoms with E-state index in [-0.39, 0.29) is 0 Å². The molecule has 0 amide bonds. The first kappa shape index (κ1) is 13.6. The van der Waals surface area contributed by atoms with Gasteiger partial charge in [-0.25, -0.2) is 4.98 Å². The number of ether oxygens (including phenoxy) is 2. The van der Waals surface area contributed by atoms with Gasteiger partial charge >= 0.3 is 0 Å². The summed E-state index contributed by atoms with van der Waals surface area (Å²) in [5.41, 5.74) is 2.63. The molecule has 3 rings (SSSR count). The van der Waals surface area contributed by atoms with E-state index in [0.717, 1.165) is 16.7 Å². The molecular formula is C14H17N5O2. The molecule has 0 fully saturated rings. The van der Waals surface area contributed by atoms with Crippen molar-refractivity contribution in [1.82, 2.24) is 24.3 Å². The maximum Gasteiger partial charge on any atom is 0.242 e. The molecule has 7 nitrogen and oxygen atoms in total. The standard InChI is InChI=1S/C14H17N5O2/c1-10-16-12-4-5-19(11-8-15-18(2)9-11)13(12)14(17-10)21-7-6-20-3/h4-5,8-9H,6-7H2,1-3H3. The van der Waals surface area contributed by atoms with E-state index in [1.165, 1.54) is 0 Å². The fourth-order valence-corrected chi connectivity index (χ4v) is 2.19. The molecule has 110 valence electrons. The van der Waals surface area contributed by atoms with Crippen LogP contribution >= 0.6 is 0 Å². The predicted molar refractivity (Wildman–Crippen MR) is 77.7 cm³/mol. The molecule has 0 aliphatic rings. The van der Waals surface area contributed by atoms with Gasteiger partial charge in [0.25, 0.3) is 0 Å². The van der Waals surface area contributed by atoms with Crippen LogP contribution in [0.3, 0.4) is 0 Å². The third kappa shape index (κ3) is 2.59. The lowest BCUT2D eigenvalue weighted by atomic mass is 10.4. The summed E-state index contributed by atoms with van der Waals surface area (Å²) in [5, 5.41) is 4.20. The summed E-state index contributed by atoms with van der Waals surface area (Å²) < 4.78 is 14.5. The summed E-state index contributed by atoms with van der Waals surface area (Å²) in [6.07, 6.45) is 5.66. The number of hydrogen-bond donors (Lipinski definition) is 0. The van der Waals surface area contributed by atoms with Crippen molar-refractivity contribution in [2.45, 2.75) is 6.92 Å². The van der Waals surface area contributed by atoms with E-state index in [9.17, 15) is 0 Å². The Morgan fingerprint density at radius 2 is 2.10 bits per heavy atom. The molecule has 3 aromatic rings. The van der Waals surface area contributed by atoms with Gasteiger partial charge in [0.05, 0.1) is 24.0 Å². The Balaban J connectivity index is 2.09. The average Bonchev–Trinajstić information content (AvgIpc) is 3.04. The maximum absolute atomic E-state index is 5.74. The normalized spacial score (nSPS) is 11.2. The Bertz CT molecular complexity index is 762. The van der Waals surface area contributed by atoms with Crippen molar-refractivity contribution in [3.63, 3.8) is 0 Å². The van der Waals surface area contributed by atoms with Gasteiger partial charge in [-0.2, -0.15) is 10.1 Å². The Morgan fingerprint density at radius 1 is 1.24 bits per heavy atom. The molecule has 0 bridgehead atoms. The largest absolute Gasteiger partial charge is 0.474 e. The van der Waals surface area contributed by atoms with Gasteiger partial charge < -0.3 is 14.0 Å². The first-order chi connectivity index (χ1) is 10.2. The van der Waals surface area contributed by atoms with Gasteiger partial charge in [0, 0.05) is 26.6 Å². The molecule has 3 heterocycles. The lowest BCUT2D eigenvalue weighted by Gasteiger charge is -2.09. The van der Waals surface area contributed by atoms with Gasteiger partial charge in [0.2, 0.25) is 5.88 Å². The van der Waals surface area contributed by atoms with E-state index in [1.54, 1.807) is 18.0 Å². The number of rotatable bonds is 5. The van der Waals surface area contributed by atoms with Crippen molar-refractivity contribution in [3.8, 4) is 11.6 Å². The van der Waals surface area contributed by atoms with Crippen molar-refractivity contribution in [1.29, 1.82) is 0 Å². The summed E-state index contributed by atoms with van der Waals surface area (Å²) in [4.78, 5) is 8.85. The van der Waals surface area contributed by atoms with Crippen molar-refractivity contribution < 1.29 is 9.47 Å². The molecule has 7 heteroatoms. The van der Waals surface area contributed by atoms with Crippen LogP contribution in [-0.2, 0) is 11.8 Å². The molecular weight excluding hydrogens is 270 g/mol. The second kappa shape index (κ2) is 5.53. The van der Waals surface area contributed by atoms with Crippen LogP contribution in [0.25, 0.3) is 16.7 Å². The van der Waals surface area contributed by atoms with Crippen LogP contribution in [0.2, 0.25) is 0 Å². The molecule has 3 aromatic heterocycles. The molecule has 0 aliphatic carbocycles. The van der Waals surface area contributed by atoms with Crippen LogP contribution in [0.4, 0.5) is 0 Å². The molecule has 0 radical (unpaired) electrons. The lowest BCUT2D eigenvalue weighted by molar-refractivity contribution is 0.144. The van der Waals surface area contributed by atoms with Gasteiger partial charge in [-0.1, -0.05) is 0 Å². The summed E-state index contributed by atoms with van der Waals surface area (Å²) in [7, 11) is 3.52. The van der Waals surface area contributed by atoms with E-state index >= 15 is 0 Å². The van der Waals surface area contributed by atoms with Gasteiger partial charge in [0.15, 0.2) is 0 Å². The zero-order chi connectivity index (χ0) is 14.8. The van der Waals surface area contributed by atoms with Gasteiger partial charge in [-0.3, -0.25) is 4.68 Å². The number of aromatic nitrogens is 5. The molecule has 0 aliphatic heterocycles. The summed E-state index contributed by atoms with van der Waals surface area (Å²) >= 11 is 0. The SMILES string of the molecule is COCCOc1nc(C)nc2ccn(-c3cnn(C)c3)c12. The fourth-order valence-electron chi connectivity index (χ4n) is 2.19. The van der Waals surface area contributed by atoms with Crippen LogP contribution in [0.15, 0.2) is 24.7 Å².